The zero-order valence-electron chi connectivity index (χ0n) is 20.6. The first-order valence-corrected chi connectivity index (χ1v) is 13.0. The van der Waals surface area contributed by atoms with Crippen molar-refractivity contribution in [2.24, 2.45) is 9.98 Å². The molecule has 0 unspecified atom stereocenters. The van der Waals surface area contributed by atoms with E-state index >= 15 is 0 Å². The predicted octanol–water partition coefficient (Wildman–Crippen LogP) is 8.12. The molecule has 0 atom stereocenters. The van der Waals surface area contributed by atoms with E-state index in [1.54, 1.807) is 0 Å². The zero-order chi connectivity index (χ0) is 23.1. The molecule has 0 bridgehead atoms. The fraction of sp³-hybridized carbons (Fsp3) is 0.462. The second-order valence-corrected chi connectivity index (χ2v) is 8.02. The lowest BCUT2D eigenvalue weighted by Gasteiger charge is -2.08. The highest BCUT2D eigenvalue weighted by atomic mass is 32.1. The van der Waals surface area contributed by atoms with Crippen LogP contribution in [0.5, 0.6) is 0 Å². The van der Waals surface area contributed by atoms with Crippen molar-refractivity contribution in [1.82, 2.24) is 0 Å². The molecule has 3 aromatic rings. The average Bonchev–Trinajstić information content (AvgIpc) is 3.46. The summed E-state index contributed by atoms with van der Waals surface area (Å²) in [4.78, 5) is 14.8. The summed E-state index contributed by atoms with van der Waals surface area (Å²) in [7, 11) is 0. The lowest BCUT2D eigenvalue weighted by molar-refractivity contribution is 0.868. The lowest BCUT2D eigenvalue weighted by atomic mass is 10.1. The van der Waals surface area contributed by atoms with Gasteiger partial charge in [-0.05, 0) is 38.1 Å². The van der Waals surface area contributed by atoms with Crippen LogP contribution < -0.4 is 10.7 Å². The van der Waals surface area contributed by atoms with E-state index in [1.807, 2.05) is 78.1 Å². The highest BCUT2D eigenvalue weighted by Gasteiger charge is 2.13. The number of thiophene rings is 2. The predicted molar refractivity (Wildman–Crippen MR) is 140 cm³/mol. The van der Waals surface area contributed by atoms with Crippen LogP contribution in [0.2, 0.25) is 0 Å². The first-order valence-electron chi connectivity index (χ1n) is 11.4. The van der Waals surface area contributed by atoms with Crippen molar-refractivity contribution in [2.75, 3.05) is 13.1 Å². The third-order valence-electron chi connectivity index (χ3n) is 3.80. The molecule has 0 fully saturated rings. The molecule has 3 heterocycles. The molecule has 0 radical (unpaired) electrons. The van der Waals surface area contributed by atoms with Crippen molar-refractivity contribution in [1.29, 1.82) is 0 Å². The van der Waals surface area contributed by atoms with Gasteiger partial charge in [-0.15, -0.1) is 22.7 Å². The topological polar surface area (TPSA) is 24.7 Å². The molecule has 0 aliphatic carbocycles. The maximum atomic E-state index is 4.79. The van der Waals surface area contributed by atoms with Gasteiger partial charge >= 0.3 is 0 Å². The molecule has 2 nitrogen and oxygen atoms in total. The van der Waals surface area contributed by atoms with E-state index in [2.05, 4.69) is 50.2 Å². The molecule has 4 heteroatoms. The molecule has 1 aliphatic rings. The second-order valence-electron chi connectivity index (χ2n) is 5.44. The Morgan fingerprint density at radius 2 is 0.867 bits per heavy atom. The van der Waals surface area contributed by atoms with Gasteiger partial charge < -0.3 is 0 Å². The summed E-state index contributed by atoms with van der Waals surface area (Å²) >= 11 is 3.64. The molecule has 0 saturated carbocycles. The normalized spacial score (nSPS) is 10.6. The van der Waals surface area contributed by atoms with Crippen LogP contribution in [0.25, 0.3) is 20.9 Å². The van der Waals surface area contributed by atoms with E-state index in [0.29, 0.717) is 0 Å². The van der Waals surface area contributed by atoms with Gasteiger partial charge in [-0.1, -0.05) is 67.5 Å². The Hall–Kier alpha value is -1.78. The highest BCUT2D eigenvalue weighted by molar-refractivity contribution is 7.15. The van der Waals surface area contributed by atoms with E-state index < -0.39 is 0 Å². The van der Waals surface area contributed by atoms with Gasteiger partial charge in [-0.2, -0.15) is 0 Å². The van der Waals surface area contributed by atoms with Gasteiger partial charge in [-0.3, -0.25) is 9.98 Å². The van der Waals surface area contributed by atoms with Gasteiger partial charge in [-0.25, -0.2) is 0 Å². The van der Waals surface area contributed by atoms with Crippen LogP contribution in [0.1, 0.15) is 65.1 Å². The number of benzene rings is 1. The number of aryl methyl sites for hydroxylation is 2. The minimum atomic E-state index is 0.789. The van der Waals surface area contributed by atoms with Gasteiger partial charge in [0.1, 0.15) is 0 Å². The fourth-order valence-electron chi connectivity index (χ4n) is 2.78. The van der Waals surface area contributed by atoms with Gasteiger partial charge in [0, 0.05) is 30.6 Å². The van der Waals surface area contributed by atoms with Crippen molar-refractivity contribution < 1.29 is 0 Å². The van der Waals surface area contributed by atoms with Gasteiger partial charge in [0.2, 0.25) is 0 Å². The second kappa shape index (κ2) is 16.0. The third kappa shape index (κ3) is 7.17. The van der Waals surface area contributed by atoms with Crippen LogP contribution >= 0.6 is 22.7 Å². The van der Waals surface area contributed by atoms with E-state index in [-0.39, 0.29) is 0 Å². The fourth-order valence-corrected chi connectivity index (χ4v) is 4.57. The van der Waals surface area contributed by atoms with Crippen LogP contribution in [-0.2, 0) is 0 Å². The summed E-state index contributed by atoms with van der Waals surface area (Å²) in [6, 6.07) is 13.1. The molecule has 2 aromatic heterocycles. The summed E-state index contributed by atoms with van der Waals surface area (Å²) in [5, 5.41) is 2.13. The van der Waals surface area contributed by atoms with Crippen molar-refractivity contribution in [3.63, 3.8) is 0 Å². The van der Waals surface area contributed by atoms with E-state index in [1.165, 1.54) is 30.6 Å². The van der Waals surface area contributed by atoms with Crippen LogP contribution in [-0.4, -0.2) is 13.1 Å². The first kappa shape index (κ1) is 28.2. The largest absolute Gasteiger partial charge is 0.280 e. The monoisotopic (exact) mass is 444 g/mol. The Morgan fingerprint density at radius 1 is 0.533 bits per heavy atom. The zero-order valence-corrected chi connectivity index (χ0v) is 22.2. The molecule has 0 N–H and O–H groups in total. The van der Waals surface area contributed by atoms with Gasteiger partial charge in [0.25, 0.3) is 0 Å². The van der Waals surface area contributed by atoms with Crippen molar-refractivity contribution in [2.45, 2.75) is 69.2 Å². The van der Waals surface area contributed by atoms with Crippen molar-refractivity contribution in [3.8, 4) is 20.9 Å². The van der Waals surface area contributed by atoms with Crippen molar-refractivity contribution in [3.05, 3.63) is 56.9 Å². The standard InChI is InChI=1S/C18H16N2S2.4C2H6/c1-11-3-7-15(21-11)13-5-6-14(16-8-4-12(2)22-16)18-17(13)19-9-10-20-18;4*1-2/h3-8H,9-10H2,1-2H3;4*1-2H3. The van der Waals surface area contributed by atoms with Crippen LogP contribution in [0, 0.1) is 13.8 Å². The van der Waals surface area contributed by atoms with Crippen LogP contribution in [0.15, 0.2) is 46.4 Å². The summed E-state index contributed by atoms with van der Waals surface area (Å²) in [6.07, 6.45) is 0. The highest BCUT2D eigenvalue weighted by Crippen LogP contribution is 2.28. The number of hydrogen-bond acceptors (Lipinski definition) is 4. The number of rotatable bonds is 2. The molecule has 166 valence electrons. The number of hydrogen-bond donors (Lipinski definition) is 0. The molecular weight excluding hydrogens is 404 g/mol. The quantitative estimate of drug-likeness (QED) is 0.381. The van der Waals surface area contributed by atoms with Crippen molar-refractivity contribution >= 4 is 22.7 Å². The molecule has 0 amide bonds. The maximum Gasteiger partial charge on any atom is 0.0920 e. The molecule has 0 saturated heterocycles. The minimum Gasteiger partial charge on any atom is -0.280 e. The Morgan fingerprint density at radius 3 is 1.13 bits per heavy atom. The van der Waals surface area contributed by atoms with E-state index in [0.717, 1.165) is 23.8 Å². The molecular formula is C26H40N2S2. The SMILES string of the molecule is CC.CC.CC.CC.Cc1ccc(-c2ccc(-c3ccc(C)s3)c3c2=NCCN=3)s1. The Balaban J connectivity index is 0.000000948. The summed E-state index contributed by atoms with van der Waals surface area (Å²) in [6.45, 7) is 21.9. The minimum absolute atomic E-state index is 0.789. The average molecular weight is 445 g/mol. The Bertz CT molecular complexity index is 886. The lowest BCUT2D eigenvalue weighted by Crippen LogP contribution is -2.33. The summed E-state index contributed by atoms with van der Waals surface area (Å²) in [5.74, 6) is 0. The molecule has 1 aliphatic heterocycles. The summed E-state index contributed by atoms with van der Waals surface area (Å²) in [5.41, 5.74) is 2.43. The Kier molecular flexibility index (Phi) is 15.0. The Labute approximate surface area is 192 Å². The number of fused-ring (bicyclic) bond motifs is 1. The molecule has 0 spiro atoms. The van der Waals surface area contributed by atoms with E-state index in [4.69, 9.17) is 9.98 Å². The van der Waals surface area contributed by atoms with Gasteiger partial charge in [0.15, 0.2) is 0 Å². The smallest absolute Gasteiger partial charge is 0.0920 e. The van der Waals surface area contributed by atoms with Crippen LogP contribution in [0.3, 0.4) is 0 Å². The molecule has 30 heavy (non-hydrogen) atoms. The maximum absolute atomic E-state index is 4.79. The molecule has 4 rings (SSSR count). The van der Waals surface area contributed by atoms with E-state index in [9.17, 15) is 0 Å². The number of nitrogens with zero attached hydrogens (tertiary/aromatic N) is 2. The van der Waals surface area contributed by atoms with Gasteiger partial charge in [0.05, 0.1) is 23.8 Å². The summed E-state index contributed by atoms with van der Waals surface area (Å²) < 4.78 is 0. The molecule has 1 aromatic carbocycles. The van der Waals surface area contributed by atoms with Crippen LogP contribution in [0.4, 0.5) is 0 Å². The first-order chi connectivity index (χ1) is 14.7. The third-order valence-corrected chi connectivity index (χ3v) is 5.87.